The summed E-state index contributed by atoms with van der Waals surface area (Å²) in [6, 6.07) is 0. The second-order valence-electron chi connectivity index (χ2n) is 3.57. The number of ether oxygens (including phenoxy) is 1. The Labute approximate surface area is 109 Å². The van der Waals surface area contributed by atoms with E-state index in [1.54, 1.807) is 17.5 Å². The van der Waals surface area contributed by atoms with Crippen molar-refractivity contribution in [2.75, 3.05) is 17.7 Å². The van der Waals surface area contributed by atoms with Gasteiger partial charge in [0.05, 0.1) is 13.2 Å². The highest BCUT2D eigenvalue weighted by Crippen LogP contribution is 2.25. The molecular weight excluding hydrogens is 250 g/mol. The van der Waals surface area contributed by atoms with E-state index in [4.69, 9.17) is 10.5 Å². The van der Waals surface area contributed by atoms with E-state index in [9.17, 15) is 0 Å². The minimum absolute atomic E-state index is 0.425. The largest absolute Gasteiger partial charge is 0.476 e. The zero-order chi connectivity index (χ0) is 12.8. The standard InChI is InChI=1S/C11H15N5OS/c1-2-4-17-11-9(12)10(15-7-16-11)14-6-8-13-3-5-18-8/h3,5,7H,2,4,6,12H2,1H3,(H,14,15,16). The van der Waals surface area contributed by atoms with Gasteiger partial charge in [0.1, 0.15) is 17.0 Å². The van der Waals surface area contributed by atoms with Crippen molar-refractivity contribution in [1.29, 1.82) is 0 Å². The number of nitrogens with two attached hydrogens (primary N) is 1. The summed E-state index contributed by atoms with van der Waals surface area (Å²) >= 11 is 1.58. The first-order chi connectivity index (χ1) is 8.81. The molecule has 0 bridgehead atoms. The molecule has 0 atom stereocenters. The van der Waals surface area contributed by atoms with E-state index >= 15 is 0 Å². The number of aromatic nitrogens is 3. The van der Waals surface area contributed by atoms with Gasteiger partial charge in [0, 0.05) is 11.6 Å². The Morgan fingerprint density at radius 2 is 2.28 bits per heavy atom. The Hall–Kier alpha value is -1.89. The van der Waals surface area contributed by atoms with Crippen LogP contribution in [0.25, 0.3) is 0 Å². The molecule has 0 saturated heterocycles. The molecule has 0 unspecified atom stereocenters. The third kappa shape index (κ3) is 3.07. The fourth-order valence-corrected chi connectivity index (χ4v) is 1.89. The zero-order valence-electron chi connectivity index (χ0n) is 10.1. The Morgan fingerprint density at radius 1 is 1.39 bits per heavy atom. The molecule has 0 aliphatic rings. The summed E-state index contributed by atoms with van der Waals surface area (Å²) in [4.78, 5) is 12.3. The molecule has 18 heavy (non-hydrogen) atoms. The highest BCUT2D eigenvalue weighted by Gasteiger charge is 2.09. The fraction of sp³-hybridized carbons (Fsp3) is 0.364. The number of nitrogens with zero attached hydrogens (tertiary/aromatic N) is 3. The molecule has 0 radical (unpaired) electrons. The van der Waals surface area contributed by atoms with E-state index in [2.05, 4.69) is 20.3 Å². The quantitative estimate of drug-likeness (QED) is 0.829. The lowest BCUT2D eigenvalue weighted by Gasteiger charge is -2.10. The maximum Gasteiger partial charge on any atom is 0.242 e. The molecule has 0 fully saturated rings. The van der Waals surface area contributed by atoms with Gasteiger partial charge in [-0.25, -0.2) is 9.97 Å². The maximum atomic E-state index is 5.93. The van der Waals surface area contributed by atoms with Crippen molar-refractivity contribution >= 4 is 22.8 Å². The lowest BCUT2D eigenvalue weighted by Crippen LogP contribution is -2.08. The number of nitrogens with one attached hydrogen (secondary N) is 1. The van der Waals surface area contributed by atoms with Gasteiger partial charge >= 0.3 is 0 Å². The number of thiazole rings is 1. The summed E-state index contributed by atoms with van der Waals surface area (Å²) in [6.07, 6.45) is 4.11. The van der Waals surface area contributed by atoms with Crippen LogP contribution in [0.15, 0.2) is 17.9 Å². The van der Waals surface area contributed by atoms with E-state index in [-0.39, 0.29) is 0 Å². The molecule has 3 N–H and O–H groups in total. The third-order valence-corrected chi connectivity index (χ3v) is 2.96. The lowest BCUT2D eigenvalue weighted by molar-refractivity contribution is 0.306. The van der Waals surface area contributed by atoms with Gasteiger partial charge in [0.2, 0.25) is 5.88 Å². The highest BCUT2D eigenvalue weighted by molar-refractivity contribution is 7.09. The van der Waals surface area contributed by atoms with Crippen molar-refractivity contribution in [3.63, 3.8) is 0 Å². The topological polar surface area (TPSA) is 86.0 Å². The predicted molar refractivity (Wildman–Crippen MR) is 71.7 cm³/mol. The zero-order valence-corrected chi connectivity index (χ0v) is 10.9. The maximum absolute atomic E-state index is 5.93. The molecule has 0 saturated carbocycles. The Balaban J connectivity index is 2.03. The van der Waals surface area contributed by atoms with Crippen LogP contribution in [0, 0.1) is 0 Å². The first-order valence-electron chi connectivity index (χ1n) is 5.66. The summed E-state index contributed by atoms with van der Waals surface area (Å²) in [7, 11) is 0. The van der Waals surface area contributed by atoms with Crippen LogP contribution in [-0.4, -0.2) is 21.6 Å². The average molecular weight is 265 g/mol. The Bertz CT molecular complexity index is 488. The second kappa shape index (κ2) is 6.15. The van der Waals surface area contributed by atoms with Gasteiger partial charge in [-0.2, -0.15) is 4.98 Å². The van der Waals surface area contributed by atoms with Crippen molar-refractivity contribution in [2.45, 2.75) is 19.9 Å². The van der Waals surface area contributed by atoms with Crippen molar-refractivity contribution in [1.82, 2.24) is 15.0 Å². The van der Waals surface area contributed by atoms with E-state index in [0.29, 0.717) is 30.5 Å². The number of hydrogen-bond acceptors (Lipinski definition) is 7. The van der Waals surface area contributed by atoms with Gasteiger partial charge in [-0.1, -0.05) is 6.92 Å². The molecule has 7 heteroatoms. The molecule has 6 nitrogen and oxygen atoms in total. The number of rotatable bonds is 6. The van der Waals surface area contributed by atoms with Gasteiger partial charge in [-0.15, -0.1) is 11.3 Å². The lowest BCUT2D eigenvalue weighted by atomic mass is 10.4. The van der Waals surface area contributed by atoms with Crippen molar-refractivity contribution in [3.8, 4) is 5.88 Å². The predicted octanol–water partition coefficient (Wildman–Crippen LogP) is 1.92. The highest BCUT2D eigenvalue weighted by atomic mass is 32.1. The van der Waals surface area contributed by atoms with Crippen molar-refractivity contribution < 1.29 is 4.74 Å². The normalized spacial score (nSPS) is 10.3. The van der Waals surface area contributed by atoms with Crippen LogP contribution in [0.5, 0.6) is 5.88 Å². The summed E-state index contributed by atoms with van der Waals surface area (Å²) in [6.45, 7) is 3.21. The molecule has 0 aliphatic heterocycles. The van der Waals surface area contributed by atoms with Crippen LogP contribution in [0.3, 0.4) is 0 Å². The summed E-state index contributed by atoms with van der Waals surface area (Å²) in [5.41, 5.74) is 6.37. The van der Waals surface area contributed by atoms with Crippen LogP contribution >= 0.6 is 11.3 Å². The first kappa shape index (κ1) is 12.6. The monoisotopic (exact) mass is 265 g/mol. The van der Waals surface area contributed by atoms with Gasteiger partial charge in [0.25, 0.3) is 0 Å². The third-order valence-electron chi connectivity index (χ3n) is 2.18. The van der Waals surface area contributed by atoms with E-state index in [0.717, 1.165) is 11.4 Å². The molecule has 0 spiro atoms. The van der Waals surface area contributed by atoms with Gasteiger partial charge < -0.3 is 15.8 Å². The van der Waals surface area contributed by atoms with E-state index in [1.807, 2.05) is 12.3 Å². The minimum atomic E-state index is 0.425. The van der Waals surface area contributed by atoms with Gasteiger partial charge in [-0.05, 0) is 6.42 Å². The SMILES string of the molecule is CCCOc1ncnc(NCc2nccs2)c1N. The average Bonchev–Trinajstić information content (AvgIpc) is 2.89. The summed E-state index contributed by atoms with van der Waals surface area (Å²) in [5, 5.41) is 6.03. The van der Waals surface area contributed by atoms with Crippen molar-refractivity contribution in [2.24, 2.45) is 0 Å². The number of nitrogen functional groups attached to an aromatic ring is 1. The van der Waals surface area contributed by atoms with Crippen molar-refractivity contribution in [3.05, 3.63) is 22.9 Å². The van der Waals surface area contributed by atoms with Crippen LogP contribution in [0.4, 0.5) is 11.5 Å². The molecule has 2 heterocycles. The molecule has 0 aliphatic carbocycles. The van der Waals surface area contributed by atoms with E-state index < -0.39 is 0 Å². The number of hydrogen-bond donors (Lipinski definition) is 2. The number of anilines is 2. The summed E-state index contributed by atoms with van der Waals surface area (Å²) < 4.78 is 5.43. The minimum Gasteiger partial charge on any atom is -0.476 e. The van der Waals surface area contributed by atoms with Crippen LogP contribution < -0.4 is 15.8 Å². The molecule has 2 aromatic rings. The van der Waals surface area contributed by atoms with Crippen LogP contribution in [0.1, 0.15) is 18.4 Å². The first-order valence-corrected chi connectivity index (χ1v) is 6.54. The van der Waals surface area contributed by atoms with Gasteiger partial charge in [0.15, 0.2) is 5.82 Å². The Morgan fingerprint density at radius 3 is 3.00 bits per heavy atom. The van der Waals surface area contributed by atoms with Crippen LogP contribution in [0.2, 0.25) is 0 Å². The Kier molecular flexibility index (Phi) is 4.30. The van der Waals surface area contributed by atoms with Gasteiger partial charge in [-0.3, -0.25) is 0 Å². The fourth-order valence-electron chi connectivity index (χ4n) is 1.33. The van der Waals surface area contributed by atoms with Crippen LogP contribution in [-0.2, 0) is 6.54 Å². The second-order valence-corrected chi connectivity index (χ2v) is 4.55. The molecule has 0 amide bonds. The molecule has 96 valence electrons. The smallest absolute Gasteiger partial charge is 0.242 e. The molecule has 2 rings (SSSR count). The molecular formula is C11H15N5OS. The molecule has 2 aromatic heterocycles. The molecule has 0 aromatic carbocycles. The van der Waals surface area contributed by atoms with E-state index in [1.165, 1.54) is 6.33 Å². The summed E-state index contributed by atoms with van der Waals surface area (Å²) in [5.74, 6) is 1.000.